The van der Waals surface area contributed by atoms with Crippen LogP contribution in [0.25, 0.3) is 0 Å². The minimum Gasteiger partial charge on any atom is -0.143 e. The molecule has 0 amide bonds. The average Bonchev–Trinajstić information content (AvgIpc) is 2.31. The molecule has 0 aromatic carbocycles. The van der Waals surface area contributed by atoms with Crippen molar-refractivity contribution in [1.29, 1.82) is 0 Å². The Labute approximate surface area is 84.7 Å². The summed E-state index contributed by atoms with van der Waals surface area (Å²) in [7, 11) is 0. The average molecular weight is 254 g/mol. The van der Waals surface area contributed by atoms with E-state index < -0.39 is 0 Å². The van der Waals surface area contributed by atoms with Gasteiger partial charge in [-0.3, -0.25) is 0 Å². The first-order valence-electron chi connectivity index (χ1n) is 3.55. The Morgan fingerprint density at radius 2 is 2.36 bits per heavy atom. The molecule has 0 aliphatic rings. The first-order chi connectivity index (χ1) is 5.15. The molecule has 1 atom stereocenters. The molecule has 0 saturated carbocycles. The summed E-state index contributed by atoms with van der Waals surface area (Å²) in [6.45, 7) is 4.19. The molecule has 3 heteroatoms. The standard InChI is InChI=1S/C8H10BrClS/c1-3-7(10)8-4-6(9)5(2)11-8/h4,7H,3H2,1-2H3. The SMILES string of the molecule is CCC(Cl)c1cc(Br)c(C)s1. The van der Waals surface area contributed by atoms with E-state index in [0.717, 1.165) is 6.42 Å². The summed E-state index contributed by atoms with van der Waals surface area (Å²) < 4.78 is 1.18. The van der Waals surface area contributed by atoms with E-state index in [1.807, 2.05) is 0 Å². The van der Waals surface area contributed by atoms with Crippen LogP contribution >= 0.6 is 38.9 Å². The van der Waals surface area contributed by atoms with Gasteiger partial charge in [-0.05, 0) is 35.3 Å². The van der Waals surface area contributed by atoms with Gasteiger partial charge in [-0.2, -0.15) is 0 Å². The highest BCUT2D eigenvalue weighted by molar-refractivity contribution is 9.10. The molecule has 1 aromatic rings. The Kier molecular flexibility index (Phi) is 3.41. The zero-order chi connectivity index (χ0) is 8.43. The van der Waals surface area contributed by atoms with Gasteiger partial charge in [0.15, 0.2) is 0 Å². The number of aryl methyl sites for hydroxylation is 1. The van der Waals surface area contributed by atoms with E-state index in [1.54, 1.807) is 11.3 Å². The van der Waals surface area contributed by atoms with Crippen molar-refractivity contribution >= 4 is 38.9 Å². The Balaban J connectivity index is 2.88. The number of alkyl halides is 1. The summed E-state index contributed by atoms with van der Waals surface area (Å²) in [6, 6.07) is 2.11. The second-order valence-corrected chi connectivity index (χ2v) is 5.10. The third-order valence-corrected chi connectivity index (χ3v) is 4.47. The molecule has 1 aromatic heterocycles. The first-order valence-corrected chi connectivity index (χ1v) is 5.59. The highest BCUT2D eigenvalue weighted by Crippen LogP contribution is 2.34. The fourth-order valence-electron chi connectivity index (χ4n) is 0.837. The zero-order valence-electron chi connectivity index (χ0n) is 6.53. The molecule has 1 rings (SSSR count). The lowest BCUT2D eigenvalue weighted by Gasteiger charge is -1.99. The van der Waals surface area contributed by atoms with E-state index in [2.05, 4.69) is 35.8 Å². The van der Waals surface area contributed by atoms with Crippen molar-refractivity contribution in [2.45, 2.75) is 25.6 Å². The fraction of sp³-hybridized carbons (Fsp3) is 0.500. The Morgan fingerprint density at radius 3 is 2.73 bits per heavy atom. The molecule has 0 radical (unpaired) electrons. The Hall–Kier alpha value is 0.470. The Morgan fingerprint density at radius 1 is 1.73 bits per heavy atom. The maximum absolute atomic E-state index is 6.07. The van der Waals surface area contributed by atoms with Crippen molar-refractivity contribution in [3.63, 3.8) is 0 Å². The summed E-state index contributed by atoms with van der Waals surface area (Å²) in [5.74, 6) is 0. The highest BCUT2D eigenvalue weighted by atomic mass is 79.9. The van der Waals surface area contributed by atoms with Crippen molar-refractivity contribution in [3.05, 3.63) is 20.3 Å². The van der Waals surface area contributed by atoms with Crippen LogP contribution in [0.15, 0.2) is 10.5 Å². The lowest BCUT2D eigenvalue weighted by Crippen LogP contribution is -1.80. The summed E-state index contributed by atoms with van der Waals surface area (Å²) >= 11 is 11.3. The number of thiophene rings is 1. The molecule has 0 nitrogen and oxygen atoms in total. The molecule has 1 unspecified atom stereocenters. The number of hydrogen-bond acceptors (Lipinski definition) is 1. The van der Waals surface area contributed by atoms with Crippen LogP contribution in [0.1, 0.15) is 28.5 Å². The number of rotatable bonds is 2. The second kappa shape index (κ2) is 3.92. The van der Waals surface area contributed by atoms with Crippen LogP contribution < -0.4 is 0 Å². The van der Waals surface area contributed by atoms with E-state index in [-0.39, 0.29) is 5.38 Å². The maximum atomic E-state index is 6.07. The predicted octanol–water partition coefficient (Wildman–Crippen LogP) is 4.51. The molecule has 0 saturated heterocycles. The minimum atomic E-state index is 0.185. The molecule has 11 heavy (non-hydrogen) atoms. The second-order valence-electron chi connectivity index (χ2n) is 2.43. The van der Waals surface area contributed by atoms with Crippen molar-refractivity contribution in [3.8, 4) is 0 Å². The molecule has 0 fully saturated rings. The van der Waals surface area contributed by atoms with Crippen LogP contribution in [0.4, 0.5) is 0 Å². The minimum absolute atomic E-state index is 0.185. The molecule has 62 valence electrons. The third kappa shape index (κ3) is 2.20. The van der Waals surface area contributed by atoms with Gasteiger partial charge in [0.1, 0.15) is 0 Å². The van der Waals surface area contributed by atoms with Gasteiger partial charge in [-0.25, -0.2) is 0 Å². The van der Waals surface area contributed by atoms with Gasteiger partial charge >= 0.3 is 0 Å². The Bertz CT molecular complexity index is 225. The quantitative estimate of drug-likeness (QED) is 0.680. The highest BCUT2D eigenvalue weighted by Gasteiger charge is 2.09. The normalized spacial score (nSPS) is 13.5. The van der Waals surface area contributed by atoms with E-state index in [0.29, 0.717) is 0 Å². The van der Waals surface area contributed by atoms with Crippen LogP contribution in [0.3, 0.4) is 0 Å². The number of hydrogen-bond donors (Lipinski definition) is 0. The van der Waals surface area contributed by atoms with E-state index in [4.69, 9.17) is 11.6 Å². The van der Waals surface area contributed by atoms with Crippen molar-refractivity contribution < 1.29 is 0 Å². The topological polar surface area (TPSA) is 0 Å². The lowest BCUT2D eigenvalue weighted by molar-refractivity contribution is 0.901. The lowest BCUT2D eigenvalue weighted by atomic mass is 10.3. The molecular weight excluding hydrogens is 244 g/mol. The molecule has 0 N–H and O–H groups in total. The van der Waals surface area contributed by atoms with Crippen LogP contribution in [-0.2, 0) is 0 Å². The number of halogens is 2. The smallest absolute Gasteiger partial charge is 0.0676 e. The summed E-state index contributed by atoms with van der Waals surface area (Å²) in [4.78, 5) is 2.57. The monoisotopic (exact) mass is 252 g/mol. The predicted molar refractivity (Wildman–Crippen MR) is 55.6 cm³/mol. The van der Waals surface area contributed by atoms with Crippen LogP contribution in [-0.4, -0.2) is 0 Å². The van der Waals surface area contributed by atoms with Gasteiger partial charge in [0.2, 0.25) is 0 Å². The maximum Gasteiger partial charge on any atom is 0.0676 e. The van der Waals surface area contributed by atoms with Crippen LogP contribution in [0.5, 0.6) is 0 Å². The molecule has 0 bridgehead atoms. The molecule has 1 heterocycles. The van der Waals surface area contributed by atoms with Crippen molar-refractivity contribution in [2.24, 2.45) is 0 Å². The summed E-state index contributed by atoms with van der Waals surface area (Å²) in [5, 5.41) is 0.185. The van der Waals surface area contributed by atoms with Crippen LogP contribution in [0.2, 0.25) is 0 Å². The first kappa shape index (κ1) is 9.56. The molecule has 0 aliphatic heterocycles. The van der Waals surface area contributed by atoms with E-state index >= 15 is 0 Å². The van der Waals surface area contributed by atoms with Crippen LogP contribution in [0, 0.1) is 6.92 Å². The van der Waals surface area contributed by atoms with Gasteiger partial charge in [-0.1, -0.05) is 6.92 Å². The fourth-order valence-corrected chi connectivity index (χ4v) is 2.66. The van der Waals surface area contributed by atoms with E-state index in [9.17, 15) is 0 Å². The van der Waals surface area contributed by atoms with E-state index in [1.165, 1.54) is 14.2 Å². The third-order valence-electron chi connectivity index (χ3n) is 1.54. The van der Waals surface area contributed by atoms with Crippen molar-refractivity contribution in [2.75, 3.05) is 0 Å². The van der Waals surface area contributed by atoms with Crippen molar-refractivity contribution in [1.82, 2.24) is 0 Å². The van der Waals surface area contributed by atoms with Gasteiger partial charge in [-0.15, -0.1) is 22.9 Å². The molecule has 0 spiro atoms. The summed E-state index contributed by atoms with van der Waals surface area (Å²) in [5.41, 5.74) is 0. The molecular formula is C8H10BrClS. The summed E-state index contributed by atoms with van der Waals surface area (Å²) in [6.07, 6.45) is 0.994. The van der Waals surface area contributed by atoms with Gasteiger partial charge in [0.25, 0.3) is 0 Å². The largest absolute Gasteiger partial charge is 0.143 e. The van der Waals surface area contributed by atoms with Gasteiger partial charge in [0, 0.05) is 14.2 Å². The molecule has 0 aliphatic carbocycles. The zero-order valence-corrected chi connectivity index (χ0v) is 9.68. The van der Waals surface area contributed by atoms with Gasteiger partial charge in [0.05, 0.1) is 5.38 Å². The van der Waals surface area contributed by atoms with Gasteiger partial charge < -0.3 is 0 Å².